The Bertz CT molecular complexity index is 1330. The first-order chi connectivity index (χ1) is 14.9. The van der Waals surface area contributed by atoms with E-state index >= 15 is 0 Å². The van der Waals surface area contributed by atoms with Gasteiger partial charge in [-0.2, -0.15) is 0 Å². The van der Waals surface area contributed by atoms with Gasteiger partial charge in [0.25, 0.3) is 0 Å². The first-order valence-corrected chi connectivity index (χ1v) is 11.8. The number of sulfonamides is 1. The molecule has 0 atom stereocenters. The lowest BCUT2D eigenvalue weighted by atomic mass is 10.2. The van der Waals surface area contributed by atoms with Gasteiger partial charge in [0.15, 0.2) is 0 Å². The smallest absolute Gasteiger partial charge is 0.241 e. The number of carbonyl (C=O) groups is 1. The first-order valence-electron chi connectivity index (χ1n) is 9.51. The number of carbonyl (C=O) groups excluding carboxylic acids is 1. The molecule has 4 aromatic rings. The Labute approximate surface area is 188 Å². The molecule has 0 fully saturated rings. The Morgan fingerprint density at radius 1 is 0.968 bits per heavy atom. The number of rotatable bonds is 7. The standard InChI is InChI=1S/C22H19BrN4O3S/c23-18-5-1-4-8-21(18)31(29,30)25-14-13-22(28)26-16-9-11-17(12-10-16)27-15-24-19-6-2-3-7-20(19)27/h1-12,15,25H,13-14H2,(H,26,28). The highest BCUT2D eigenvalue weighted by Gasteiger charge is 2.17. The summed E-state index contributed by atoms with van der Waals surface area (Å²) in [6, 6.07) is 21.7. The zero-order valence-corrected chi connectivity index (χ0v) is 18.7. The molecule has 2 N–H and O–H groups in total. The molecule has 0 spiro atoms. The number of halogens is 1. The van der Waals surface area contributed by atoms with E-state index in [0.29, 0.717) is 10.2 Å². The minimum atomic E-state index is -3.69. The van der Waals surface area contributed by atoms with Crippen LogP contribution in [0.5, 0.6) is 0 Å². The van der Waals surface area contributed by atoms with Gasteiger partial charge in [0, 0.05) is 28.8 Å². The predicted octanol–water partition coefficient (Wildman–Crippen LogP) is 4.10. The number of anilines is 1. The molecule has 1 amide bonds. The van der Waals surface area contributed by atoms with Crippen molar-refractivity contribution in [1.29, 1.82) is 0 Å². The second kappa shape index (κ2) is 9.01. The fraction of sp³-hybridized carbons (Fsp3) is 0.0909. The molecule has 0 aliphatic rings. The number of fused-ring (bicyclic) bond motifs is 1. The zero-order valence-electron chi connectivity index (χ0n) is 16.3. The second-order valence-electron chi connectivity index (χ2n) is 6.78. The normalized spacial score (nSPS) is 11.5. The van der Waals surface area contributed by atoms with Crippen molar-refractivity contribution in [3.05, 3.63) is 83.6 Å². The minimum absolute atomic E-state index is 0.00535. The molecule has 0 radical (unpaired) electrons. The van der Waals surface area contributed by atoms with Crippen molar-refractivity contribution in [2.45, 2.75) is 11.3 Å². The highest BCUT2D eigenvalue weighted by molar-refractivity contribution is 9.10. The molecule has 0 unspecified atom stereocenters. The van der Waals surface area contributed by atoms with E-state index in [1.54, 1.807) is 36.7 Å². The van der Waals surface area contributed by atoms with Gasteiger partial charge >= 0.3 is 0 Å². The van der Waals surface area contributed by atoms with Gasteiger partial charge in [0.1, 0.15) is 6.33 Å². The highest BCUT2D eigenvalue weighted by atomic mass is 79.9. The summed E-state index contributed by atoms with van der Waals surface area (Å²) in [4.78, 5) is 16.7. The van der Waals surface area contributed by atoms with Crippen LogP contribution in [0.1, 0.15) is 6.42 Å². The molecule has 0 saturated heterocycles. The van der Waals surface area contributed by atoms with Crippen LogP contribution in [0.2, 0.25) is 0 Å². The summed E-state index contributed by atoms with van der Waals surface area (Å²) in [7, 11) is -3.69. The van der Waals surface area contributed by atoms with Crippen molar-refractivity contribution < 1.29 is 13.2 Å². The number of nitrogens with zero attached hydrogens (tertiary/aromatic N) is 2. The fourth-order valence-corrected chi connectivity index (χ4v) is 5.17. The van der Waals surface area contributed by atoms with Crippen LogP contribution >= 0.6 is 15.9 Å². The van der Waals surface area contributed by atoms with Crippen molar-refractivity contribution in [3.63, 3.8) is 0 Å². The summed E-state index contributed by atoms with van der Waals surface area (Å²) in [5.41, 5.74) is 3.46. The van der Waals surface area contributed by atoms with Crippen LogP contribution in [0.15, 0.2) is 88.5 Å². The van der Waals surface area contributed by atoms with Crippen LogP contribution in [-0.2, 0) is 14.8 Å². The van der Waals surface area contributed by atoms with E-state index in [2.05, 4.69) is 31.0 Å². The van der Waals surface area contributed by atoms with E-state index in [1.165, 1.54) is 6.07 Å². The summed E-state index contributed by atoms with van der Waals surface area (Å²) < 4.78 is 29.6. The van der Waals surface area contributed by atoms with E-state index in [4.69, 9.17) is 0 Å². The van der Waals surface area contributed by atoms with Gasteiger partial charge in [-0.25, -0.2) is 18.1 Å². The van der Waals surface area contributed by atoms with Crippen LogP contribution in [-0.4, -0.2) is 30.4 Å². The van der Waals surface area contributed by atoms with Crippen molar-refractivity contribution in [2.24, 2.45) is 0 Å². The molecule has 0 bridgehead atoms. The lowest BCUT2D eigenvalue weighted by Crippen LogP contribution is -2.28. The summed E-state index contributed by atoms with van der Waals surface area (Å²) in [5, 5.41) is 2.78. The van der Waals surface area contributed by atoms with Crippen LogP contribution in [0.25, 0.3) is 16.7 Å². The summed E-state index contributed by atoms with van der Waals surface area (Å²) in [6.07, 6.45) is 1.77. The van der Waals surface area contributed by atoms with Crippen LogP contribution in [0, 0.1) is 0 Å². The van der Waals surface area contributed by atoms with Gasteiger partial charge in [0.05, 0.1) is 15.9 Å². The number of imidazole rings is 1. The quantitative estimate of drug-likeness (QED) is 0.401. The molecular weight excluding hydrogens is 480 g/mol. The Balaban J connectivity index is 1.34. The number of nitrogens with one attached hydrogen (secondary N) is 2. The molecule has 7 nitrogen and oxygen atoms in total. The van der Waals surface area contributed by atoms with Crippen LogP contribution < -0.4 is 10.0 Å². The van der Waals surface area contributed by atoms with Crippen molar-refractivity contribution in [1.82, 2.24) is 14.3 Å². The van der Waals surface area contributed by atoms with Crippen molar-refractivity contribution in [2.75, 3.05) is 11.9 Å². The third-order valence-corrected chi connectivity index (χ3v) is 7.13. The zero-order chi connectivity index (χ0) is 21.8. The second-order valence-corrected chi connectivity index (χ2v) is 9.37. The molecule has 9 heteroatoms. The van der Waals surface area contributed by atoms with E-state index in [9.17, 15) is 13.2 Å². The number of hydrogen-bond acceptors (Lipinski definition) is 4. The summed E-state index contributed by atoms with van der Waals surface area (Å²) in [6.45, 7) is -0.00535. The molecule has 3 aromatic carbocycles. The molecule has 1 heterocycles. The average molecular weight is 499 g/mol. The van der Waals surface area contributed by atoms with Gasteiger partial charge < -0.3 is 5.32 Å². The third-order valence-electron chi connectivity index (χ3n) is 4.65. The molecule has 31 heavy (non-hydrogen) atoms. The van der Waals surface area contributed by atoms with Gasteiger partial charge in [-0.3, -0.25) is 9.36 Å². The maximum atomic E-state index is 12.4. The van der Waals surface area contributed by atoms with Crippen LogP contribution in [0.4, 0.5) is 5.69 Å². The monoisotopic (exact) mass is 498 g/mol. The SMILES string of the molecule is O=C(CCNS(=O)(=O)c1ccccc1Br)Nc1ccc(-n2cnc3ccccc32)cc1. The van der Waals surface area contributed by atoms with E-state index in [1.807, 2.05) is 41.0 Å². The molecule has 158 valence electrons. The van der Waals surface area contributed by atoms with Gasteiger partial charge in [-0.15, -0.1) is 0 Å². The Kier molecular flexibility index (Phi) is 6.17. The minimum Gasteiger partial charge on any atom is -0.326 e. The van der Waals surface area contributed by atoms with E-state index in [-0.39, 0.29) is 23.8 Å². The lowest BCUT2D eigenvalue weighted by Gasteiger charge is -2.10. The Morgan fingerprint density at radius 3 is 2.45 bits per heavy atom. The number of para-hydroxylation sites is 2. The molecule has 0 aliphatic heterocycles. The number of amides is 1. The Hall–Kier alpha value is -3.01. The largest absolute Gasteiger partial charge is 0.326 e. The molecular formula is C22H19BrN4O3S. The fourth-order valence-electron chi connectivity index (χ4n) is 3.13. The predicted molar refractivity (Wildman–Crippen MR) is 124 cm³/mol. The summed E-state index contributed by atoms with van der Waals surface area (Å²) in [5.74, 6) is -0.282. The maximum absolute atomic E-state index is 12.4. The first kappa shape index (κ1) is 21.2. The number of hydrogen-bond donors (Lipinski definition) is 2. The van der Waals surface area contributed by atoms with Gasteiger partial charge in [-0.1, -0.05) is 24.3 Å². The molecule has 1 aromatic heterocycles. The van der Waals surface area contributed by atoms with E-state index < -0.39 is 10.0 Å². The molecule has 0 saturated carbocycles. The maximum Gasteiger partial charge on any atom is 0.241 e. The van der Waals surface area contributed by atoms with Crippen molar-refractivity contribution in [3.8, 4) is 5.69 Å². The average Bonchev–Trinajstić information content (AvgIpc) is 3.18. The number of benzene rings is 3. The highest BCUT2D eigenvalue weighted by Crippen LogP contribution is 2.21. The summed E-state index contributed by atoms with van der Waals surface area (Å²) >= 11 is 3.23. The van der Waals surface area contributed by atoms with Crippen molar-refractivity contribution >= 4 is 48.6 Å². The molecule has 4 rings (SSSR count). The van der Waals surface area contributed by atoms with Gasteiger partial charge in [0.2, 0.25) is 15.9 Å². The molecule has 0 aliphatic carbocycles. The third kappa shape index (κ3) is 4.84. The van der Waals surface area contributed by atoms with E-state index in [0.717, 1.165) is 16.7 Å². The lowest BCUT2D eigenvalue weighted by molar-refractivity contribution is -0.116. The topological polar surface area (TPSA) is 93.1 Å². The van der Waals surface area contributed by atoms with Gasteiger partial charge in [-0.05, 0) is 64.5 Å². The van der Waals surface area contributed by atoms with Crippen LogP contribution in [0.3, 0.4) is 0 Å². The Morgan fingerprint density at radius 2 is 1.68 bits per heavy atom. The number of aromatic nitrogens is 2.